The number of carbonyl (C=O) groups is 4. The molecule has 1 fully saturated rings. The number of amides is 4. The second-order valence-corrected chi connectivity index (χ2v) is 8.19. The van der Waals surface area contributed by atoms with Crippen molar-refractivity contribution in [3.63, 3.8) is 0 Å². The number of nitrogens with one attached hydrogen (secondary N) is 1. The number of nitro groups is 1. The highest BCUT2D eigenvalue weighted by atomic mass is 19.1. The summed E-state index contributed by atoms with van der Waals surface area (Å²) in [5, 5.41) is 12.0. The molecule has 1 aliphatic heterocycles. The molecule has 4 amide bonds. The number of benzene rings is 2. The van der Waals surface area contributed by atoms with Gasteiger partial charge >= 0.3 is 0 Å². The highest BCUT2D eigenvalue weighted by Gasteiger charge is 2.46. The Hall–Kier alpha value is -4.15. The monoisotopic (exact) mass is 484 g/mol. The number of aryl methyl sites for hydroxylation is 1. The maximum absolute atomic E-state index is 13.7. The van der Waals surface area contributed by atoms with Gasteiger partial charge in [0.15, 0.2) is 0 Å². The van der Waals surface area contributed by atoms with Crippen LogP contribution >= 0.6 is 0 Å². The minimum atomic E-state index is -1.36. The molecule has 10 nitrogen and oxygen atoms in total. The number of halogens is 1. The zero-order valence-electron chi connectivity index (χ0n) is 19.5. The first-order valence-electron chi connectivity index (χ1n) is 11.1. The van der Waals surface area contributed by atoms with Crippen molar-refractivity contribution in [1.82, 2.24) is 10.4 Å². The van der Waals surface area contributed by atoms with Crippen molar-refractivity contribution >= 4 is 35.0 Å². The highest BCUT2D eigenvalue weighted by molar-refractivity contribution is 6.23. The van der Waals surface area contributed by atoms with Crippen LogP contribution in [0.3, 0.4) is 0 Å². The first-order chi connectivity index (χ1) is 16.6. The van der Waals surface area contributed by atoms with Gasteiger partial charge in [0.2, 0.25) is 11.8 Å². The maximum Gasteiger partial charge on any atom is 0.270 e. The number of imide groups is 1. The smallest absolute Gasteiger partial charge is 0.270 e. The van der Waals surface area contributed by atoms with Crippen LogP contribution < -0.4 is 10.3 Å². The second kappa shape index (κ2) is 10.4. The molecule has 184 valence electrons. The third kappa shape index (κ3) is 5.18. The Labute approximate surface area is 200 Å². The number of rotatable bonds is 7. The Kier molecular flexibility index (Phi) is 7.58. The van der Waals surface area contributed by atoms with Gasteiger partial charge in [0.25, 0.3) is 17.5 Å². The molecule has 0 radical (unpaired) electrons. The first kappa shape index (κ1) is 25.5. The largest absolute Gasteiger partial charge is 0.274 e. The summed E-state index contributed by atoms with van der Waals surface area (Å²) in [6.45, 7) is 5.12. The van der Waals surface area contributed by atoms with Crippen molar-refractivity contribution < 1.29 is 28.5 Å². The Balaban J connectivity index is 1.98. The van der Waals surface area contributed by atoms with Gasteiger partial charge in [0, 0.05) is 18.1 Å². The van der Waals surface area contributed by atoms with Crippen molar-refractivity contribution in [1.29, 1.82) is 0 Å². The van der Waals surface area contributed by atoms with E-state index in [2.05, 4.69) is 5.43 Å². The van der Waals surface area contributed by atoms with Gasteiger partial charge in [-0.05, 0) is 43.5 Å². The van der Waals surface area contributed by atoms with Crippen LogP contribution in [-0.2, 0) is 14.4 Å². The third-order valence-corrected chi connectivity index (χ3v) is 5.97. The maximum atomic E-state index is 13.7. The van der Waals surface area contributed by atoms with Crippen LogP contribution in [0.5, 0.6) is 0 Å². The lowest BCUT2D eigenvalue weighted by Gasteiger charge is -2.30. The van der Waals surface area contributed by atoms with Gasteiger partial charge < -0.3 is 0 Å². The van der Waals surface area contributed by atoms with E-state index < -0.39 is 52.7 Å². The lowest BCUT2D eigenvalue weighted by Crippen LogP contribution is -2.56. The number of hydrazine groups is 1. The van der Waals surface area contributed by atoms with E-state index in [4.69, 9.17) is 0 Å². The molecule has 0 bridgehead atoms. The summed E-state index contributed by atoms with van der Waals surface area (Å²) in [5.41, 5.74) is 2.47. The molecule has 1 N–H and O–H groups in total. The summed E-state index contributed by atoms with van der Waals surface area (Å²) in [4.78, 5) is 63.7. The summed E-state index contributed by atoms with van der Waals surface area (Å²) >= 11 is 0. The van der Waals surface area contributed by atoms with Gasteiger partial charge in [0.05, 0.1) is 22.6 Å². The average molecular weight is 484 g/mol. The Bertz CT molecular complexity index is 1200. The zero-order valence-corrected chi connectivity index (χ0v) is 19.5. The summed E-state index contributed by atoms with van der Waals surface area (Å²) in [6.07, 6.45) is 0.412. The number of hydrogen-bond donors (Lipinski definition) is 1. The average Bonchev–Trinajstić information content (AvgIpc) is 3.11. The van der Waals surface area contributed by atoms with E-state index in [0.717, 1.165) is 28.1 Å². The van der Waals surface area contributed by atoms with Gasteiger partial charge in [-0.1, -0.05) is 26.0 Å². The molecule has 0 saturated carbocycles. The summed E-state index contributed by atoms with van der Waals surface area (Å²) < 4.78 is 13.7. The molecule has 2 aromatic carbocycles. The fourth-order valence-electron chi connectivity index (χ4n) is 3.96. The van der Waals surface area contributed by atoms with Gasteiger partial charge in [-0.15, -0.1) is 0 Å². The van der Waals surface area contributed by atoms with E-state index in [-0.39, 0.29) is 16.9 Å². The predicted octanol–water partition coefficient (Wildman–Crippen LogP) is 3.28. The van der Waals surface area contributed by atoms with Crippen LogP contribution in [0.2, 0.25) is 0 Å². The fourth-order valence-corrected chi connectivity index (χ4v) is 3.96. The molecule has 0 aliphatic carbocycles. The van der Waals surface area contributed by atoms with Crippen LogP contribution in [0.25, 0.3) is 0 Å². The molecule has 1 unspecified atom stereocenters. The summed E-state index contributed by atoms with van der Waals surface area (Å²) in [5.74, 6) is -4.06. The first-order valence-corrected chi connectivity index (χ1v) is 11.1. The molecule has 35 heavy (non-hydrogen) atoms. The molecule has 11 heteroatoms. The Morgan fingerprint density at radius 1 is 1.20 bits per heavy atom. The van der Waals surface area contributed by atoms with E-state index in [1.807, 2.05) is 0 Å². The normalized spacial score (nSPS) is 15.5. The number of nitrogens with zero attached hydrogens (tertiary/aromatic N) is 3. The van der Waals surface area contributed by atoms with Gasteiger partial charge in [0.1, 0.15) is 11.9 Å². The van der Waals surface area contributed by atoms with E-state index in [1.165, 1.54) is 24.3 Å². The third-order valence-electron chi connectivity index (χ3n) is 5.97. The van der Waals surface area contributed by atoms with Gasteiger partial charge in [-0.25, -0.2) is 14.3 Å². The SMILES string of the molecule is CCC(CC)C(=O)N(NC(=O)c1cc([N+](=O)[O-])ccc1C)C1CC(=O)N(c2cccc(F)c2)C1=O. The Morgan fingerprint density at radius 2 is 1.89 bits per heavy atom. The molecule has 1 saturated heterocycles. The Morgan fingerprint density at radius 3 is 2.49 bits per heavy atom. The molecule has 1 aliphatic rings. The summed E-state index contributed by atoms with van der Waals surface area (Å²) in [6, 6.07) is 7.28. The molecule has 3 rings (SSSR count). The molecule has 1 atom stereocenters. The van der Waals surface area contributed by atoms with Crippen molar-refractivity contribution in [2.75, 3.05) is 4.90 Å². The van der Waals surface area contributed by atoms with Crippen LogP contribution in [0.4, 0.5) is 15.8 Å². The zero-order chi connectivity index (χ0) is 25.9. The highest BCUT2D eigenvalue weighted by Crippen LogP contribution is 2.27. The number of hydrogen-bond acceptors (Lipinski definition) is 6. The molecule has 0 spiro atoms. The van der Waals surface area contributed by atoms with E-state index >= 15 is 0 Å². The predicted molar refractivity (Wildman–Crippen MR) is 124 cm³/mol. The minimum absolute atomic E-state index is 0.0123. The van der Waals surface area contributed by atoms with Crippen LogP contribution in [0, 0.1) is 28.8 Å². The lowest BCUT2D eigenvalue weighted by atomic mass is 10.0. The van der Waals surface area contributed by atoms with Crippen molar-refractivity contribution in [3.8, 4) is 0 Å². The number of non-ortho nitro benzene ring substituents is 1. The molecular formula is C24H25FN4O6. The molecule has 1 heterocycles. The molecule has 0 aromatic heterocycles. The standard InChI is InChI=1S/C24H25FN4O6/c1-4-15(5-2)23(32)28(26-22(31)19-12-18(29(34)35)10-9-14(19)3)20-13-21(30)27(24(20)33)17-8-6-7-16(25)11-17/h6-12,15,20H,4-5,13H2,1-3H3,(H,26,31). The van der Waals surface area contributed by atoms with E-state index in [0.29, 0.717) is 18.4 Å². The van der Waals surface area contributed by atoms with Crippen molar-refractivity contribution in [2.24, 2.45) is 5.92 Å². The lowest BCUT2D eigenvalue weighted by molar-refractivity contribution is -0.384. The van der Waals surface area contributed by atoms with Gasteiger partial charge in [-0.3, -0.25) is 34.7 Å². The minimum Gasteiger partial charge on any atom is -0.274 e. The fraction of sp³-hybridized carbons (Fsp3) is 0.333. The van der Waals surface area contributed by atoms with Crippen LogP contribution in [-0.4, -0.2) is 39.6 Å². The number of carbonyl (C=O) groups excluding carboxylic acids is 4. The topological polar surface area (TPSA) is 130 Å². The van der Waals surface area contributed by atoms with Crippen LogP contribution in [0.15, 0.2) is 42.5 Å². The van der Waals surface area contributed by atoms with Crippen molar-refractivity contribution in [2.45, 2.75) is 46.1 Å². The van der Waals surface area contributed by atoms with Gasteiger partial charge in [-0.2, -0.15) is 0 Å². The molecular weight excluding hydrogens is 459 g/mol. The summed E-state index contributed by atoms with van der Waals surface area (Å²) in [7, 11) is 0. The van der Waals surface area contributed by atoms with E-state index in [9.17, 15) is 33.7 Å². The number of nitro benzene ring substituents is 1. The second-order valence-electron chi connectivity index (χ2n) is 8.19. The van der Waals surface area contributed by atoms with Crippen LogP contribution in [0.1, 0.15) is 49.0 Å². The number of anilines is 1. The molecule has 2 aromatic rings. The van der Waals surface area contributed by atoms with E-state index in [1.54, 1.807) is 20.8 Å². The van der Waals surface area contributed by atoms with Crippen molar-refractivity contribution in [3.05, 3.63) is 69.5 Å². The quantitative estimate of drug-likeness (QED) is 0.365.